The van der Waals surface area contributed by atoms with Crippen molar-refractivity contribution in [3.63, 3.8) is 0 Å². The summed E-state index contributed by atoms with van der Waals surface area (Å²) in [5.74, 6) is 0.595. The normalized spacial score (nSPS) is 12.3. The van der Waals surface area contributed by atoms with E-state index in [4.69, 9.17) is 14.4 Å². The Kier molecular flexibility index (Phi) is 6.38. The van der Waals surface area contributed by atoms with Crippen molar-refractivity contribution in [1.82, 2.24) is 19.1 Å². The minimum atomic E-state index is 0.595. The lowest BCUT2D eigenvalue weighted by molar-refractivity contribution is 0.666. The summed E-state index contributed by atoms with van der Waals surface area (Å²) < 4.78 is 14.0. The van der Waals surface area contributed by atoms with Gasteiger partial charge in [0.25, 0.3) is 0 Å². The molecule has 0 aliphatic carbocycles. The van der Waals surface area contributed by atoms with Crippen molar-refractivity contribution in [3.05, 3.63) is 182 Å². The van der Waals surface area contributed by atoms with Crippen LogP contribution in [0.25, 0.3) is 130 Å². The lowest BCUT2D eigenvalue weighted by Crippen LogP contribution is -2.04. The van der Waals surface area contributed by atoms with E-state index in [0.717, 1.165) is 60.9 Å². The van der Waals surface area contributed by atoms with Crippen LogP contribution in [0.15, 0.2) is 186 Å². The van der Waals surface area contributed by atoms with Gasteiger partial charge in [-0.1, -0.05) is 133 Å². The maximum atomic E-state index is 6.71. The van der Waals surface area contributed by atoms with Crippen LogP contribution >= 0.6 is 11.3 Å². The van der Waals surface area contributed by atoms with E-state index >= 15 is 0 Å². The van der Waals surface area contributed by atoms with Crippen LogP contribution < -0.4 is 0 Å². The van der Waals surface area contributed by atoms with Crippen molar-refractivity contribution >= 4 is 119 Å². The Labute approximate surface area is 345 Å². The lowest BCUT2D eigenvalue weighted by Gasteiger charge is -2.14. The fraction of sp³-hybridized carbons (Fsp3) is 0. The number of hydrogen-bond donors (Lipinski definition) is 0. The van der Waals surface area contributed by atoms with Crippen LogP contribution in [0, 0.1) is 0 Å². The third-order valence-electron chi connectivity index (χ3n) is 12.5. The highest BCUT2D eigenvalue weighted by Crippen LogP contribution is 2.48. The Bertz CT molecular complexity index is 4130. The first-order valence-electron chi connectivity index (χ1n) is 20.2. The molecule has 0 fully saturated rings. The number of aromatic nitrogens is 4. The van der Waals surface area contributed by atoms with Gasteiger partial charge in [0, 0.05) is 58.4 Å². The number of nitrogens with zero attached hydrogens (tertiary/aromatic N) is 4. The second kappa shape index (κ2) is 11.9. The molecule has 5 heterocycles. The van der Waals surface area contributed by atoms with Crippen molar-refractivity contribution in [1.29, 1.82) is 0 Å². The second-order valence-electron chi connectivity index (χ2n) is 15.7. The monoisotopic (exact) mass is 782 g/mol. The van der Waals surface area contributed by atoms with Gasteiger partial charge in [-0.25, -0.2) is 9.97 Å². The fourth-order valence-electron chi connectivity index (χ4n) is 10.0. The van der Waals surface area contributed by atoms with E-state index in [9.17, 15) is 0 Å². The largest absolute Gasteiger partial charge is 0.452 e. The Balaban J connectivity index is 1.21. The molecular weight excluding hydrogens is 753 g/mol. The lowest BCUT2D eigenvalue weighted by atomic mass is 9.96. The zero-order chi connectivity index (χ0) is 39.1. The van der Waals surface area contributed by atoms with E-state index < -0.39 is 0 Å². The molecule has 0 unspecified atom stereocenters. The van der Waals surface area contributed by atoms with Crippen LogP contribution in [0.2, 0.25) is 0 Å². The summed E-state index contributed by atoms with van der Waals surface area (Å²) in [6.07, 6.45) is 0. The molecule has 0 spiro atoms. The number of hydrogen-bond acceptors (Lipinski definition) is 4. The molecule has 0 bridgehead atoms. The van der Waals surface area contributed by atoms with Gasteiger partial charge in [0.15, 0.2) is 5.58 Å². The number of rotatable bonds is 3. The second-order valence-corrected chi connectivity index (χ2v) is 16.7. The van der Waals surface area contributed by atoms with Gasteiger partial charge in [-0.2, -0.15) is 0 Å². The van der Waals surface area contributed by atoms with Gasteiger partial charge in [-0.05, 0) is 70.1 Å². The van der Waals surface area contributed by atoms with E-state index in [1.54, 1.807) is 0 Å². The first-order chi connectivity index (χ1) is 29.8. The van der Waals surface area contributed by atoms with Crippen molar-refractivity contribution in [2.45, 2.75) is 0 Å². The predicted octanol–water partition coefficient (Wildman–Crippen LogP) is 14.9. The van der Waals surface area contributed by atoms with Gasteiger partial charge in [0.05, 0.1) is 22.1 Å². The number of furan rings is 1. The zero-order valence-electron chi connectivity index (χ0n) is 31.9. The summed E-state index contributed by atoms with van der Waals surface area (Å²) in [5, 5.41) is 13.1. The molecule has 0 aliphatic rings. The predicted molar refractivity (Wildman–Crippen MR) is 251 cm³/mol. The topological polar surface area (TPSA) is 48.8 Å². The minimum Gasteiger partial charge on any atom is -0.452 e. The first kappa shape index (κ1) is 32.2. The number of para-hydroxylation sites is 3. The van der Waals surface area contributed by atoms with Crippen LogP contribution in [0.5, 0.6) is 0 Å². The highest BCUT2D eigenvalue weighted by atomic mass is 32.1. The minimum absolute atomic E-state index is 0.595. The van der Waals surface area contributed by atoms with Crippen molar-refractivity contribution in [3.8, 4) is 22.9 Å². The Morgan fingerprint density at radius 1 is 0.433 bits per heavy atom. The van der Waals surface area contributed by atoms with Crippen LogP contribution in [-0.4, -0.2) is 19.1 Å². The molecule has 5 aromatic heterocycles. The van der Waals surface area contributed by atoms with Gasteiger partial charge in [-0.15, -0.1) is 11.3 Å². The van der Waals surface area contributed by atoms with Gasteiger partial charge in [0.2, 0.25) is 5.95 Å². The van der Waals surface area contributed by atoms with E-state index in [0.29, 0.717) is 11.5 Å². The summed E-state index contributed by atoms with van der Waals surface area (Å²) in [4.78, 5) is 11.2. The zero-order valence-corrected chi connectivity index (χ0v) is 32.7. The maximum Gasteiger partial charge on any atom is 0.236 e. The Morgan fingerprint density at radius 2 is 1.10 bits per heavy atom. The molecule has 14 rings (SSSR count). The number of fused-ring (bicyclic) bond motifs is 18. The van der Waals surface area contributed by atoms with Crippen LogP contribution in [0.4, 0.5) is 0 Å². The quantitative estimate of drug-likeness (QED) is 0.179. The summed E-state index contributed by atoms with van der Waals surface area (Å²) in [5.41, 5.74) is 9.48. The first-order valence-corrected chi connectivity index (χ1v) is 21.1. The van der Waals surface area contributed by atoms with Crippen molar-refractivity contribution in [2.24, 2.45) is 0 Å². The molecule has 0 saturated heterocycles. The molecule has 5 nitrogen and oxygen atoms in total. The summed E-state index contributed by atoms with van der Waals surface area (Å²) >= 11 is 1.81. The number of benzene rings is 9. The summed E-state index contributed by atoms with van der Waals surface area (Å²) in [6, 6.07) is 65.2. The average molecular weight is 783 g/mol. The standard InChI is InChI=1S/C54H30N4OS/c1-2-15-33(16-3-1)57-42-29-27-31-14-4-5-17-34(31)47(42)48-38-20-7-6-19-37(38)46-39-21-8-11-23-41(39)58(51(46)52(48)57)54-55-49(53-50(56-54)40-22-9-12-24-43(40)59-53)32-26-28-36-35-18-10-13-25-44(35)60-45(36)30-32/h1-30H. The van der Waals surface area contributed by atoms with Crippen molar-refractivity contribution in [2.75, 3.05) is 0 Å². The molecule has 14 aromatic rings. The van der Waals surface area contributed by atoms with Crippen LogP contribution in [0.3, 0.4) is 0 Å². The van der Waals surface area contributed by atoms with Gasteiger partial charge in [-0.3, -0.25) is 4.57 Å². The highest BCUT2D eigenvalue weighted by Gasteiger charge is 2.28. The molecule has 60 heavy (non-hydrogen) atoms. The third kappa shape index (κ3) is 4.24. The van der Waals surface area contributed by atoms with E-state index in [-0.39, 0.29) is 0 Å². The summed E-state index contributed by atoms with van der Waals surface area (Å²) in [6.45, 7) is 0. The van der Waals surface area contributed by atoms with Gasteiger partial charge >= 0.3 is 0 Å². The molecular formula is C54H30N4OS. The van der Waals surface area contributed by atoms with E-state index in [2.05, 4.69) is 179 Å². The molecule has 0 N–H and O–H groups in total. The maximum absolute atomic E-state index is 6.71. The number of thiophene rings is 1. The molecule has 0 amide bonds. The molecule has 6 heteroatoms. The molecule has 9 aromatic carbocycles. The molecule has 0 aliphatic heterocycles. The molecule has 0 saturated carbocycles. The Morgan fingerprint density at radius 3 is 1.97 bits per heavy atom. The van der Waals surface area contributed by atoms with Gasteiger partial charge in [0.1, 0.15) is 16.8 Å². The van der Waals surface area contributed by atoms with E-state index in [1.165, 1.54) is 57.9 Å². The van der Waals surface area contributed by atoms with Crippen LogP contribution in [0.1, 0.15) is 0 Å². The summed E-state index contributed by atoms with van der Waals surface area (Å²) in [7, 11) is 0. The highest BCUT2D eigenvalue weighted by molar-refractivity contribution is 7.25. The SMILES string of the molecule is c1ccc(-n2c3ccc4ccccc4c3c3c4ccccc4c4c5ccccc5n(-c5nc(-c6ccc7c(c6)sc6ccccc67)c6oc7ccccc7c6n5)c4c32)cc1. The van der Waals surface area contributed by atoms with Crippen LogP contribution in [-0.2, 0) is 0 Å². The smallest absolute Gasteiger partial charge is 0.236 e. The third-order valence-corrected chi connectivity index (χ3v) is 13.6. The molecule has 0 atom stereocenters. The average Bonchev–Trinajstić information content (AvgIpc) is 4.07. The van der Waals surface area contributed by atoms with E-state index in [1.807, 2.05) is 23.5 Å². The Hall–Kier alpha value is -7.80. The fourth-order valence-corrected chi connectivity index (χ4v) is 11.1. The molecule has 0 radical (unpaired) electrons. The molecule has 278 valence electrons. The van der Waals surface area contributed by atoms with Crippen molar-refractivity contribution < 1.29 is 4.42 Å². The van der Waals surface area contributed by atoms with Gasteiger partial charge < -0.3 is 8.98 Å².